The monoisotopic (exact) mass is 312 g/mol. The van der Waals surface area contributed by atoms with Gasteiger partial charge in [0.15, 0.2) is 0 Å². The van der Waals surface area contributed by atoms with Crippen LogP contribution < -0.4 is 0 Å². The number of hydrogen-bond donors (Lipinski definition) is 0. The minimum Gasteiger partial charge on any atom is -0.300 e. The number of rotatable bonds is 3. The van der Waals surface area contributed by atoms with Gasteiger partial charge in [-0.3, -0.25) is 4.79 Å². The molecule has 0 saturated heterocycles. The third-order valence-corrected chi connectivity index (χ3v) is 6.47. The van der Waals surface area contributed by atoms with Crippen molar-refractivity contribution in [2.45, 2.75) is 39.0 Å². The van der Waals surface area contributed by atoms with Crippen molar-refractivity contribution in [3.63, 3.8) is 0 Å². The summed E-state index contributed by atoms with van der Waals surface area (Å²) in [6.07, 6.45) is 8.22. The van der Waals surface area contributed by atoms with Crippen LogP contribution in [-0.2, 0) is 4.79 Å². The van der Waals surface area contributed by atoms with Gasteiger partial charge in [0.05, 0.1) is 0 Å². The van der Waals surface area contributed by atoms with Crippen molar-refractivity contribution in [1.29, 1.82) is 0 Å². The smallest absolute Gasteiger partial charge is 0.133 e. The lowest BCUT2D eigenvalue weighted by Crippen LogP contribution is -2.35. The average Bonchev–Trinajstić information content (AvgIpc) is 3.25. The van der Waals surface area contributed by atoms with E-state index in [1.165, 1.54) is 23.8 Å². The third-order valence-electron chi connectivity index (χ3n) is 5.55. The Hall–Kier alpha value is -1.22. The lowest BCUT2D eigenvalue weighted by molar-refractivity contribution is -0.123. The summed E-state index contributed by atoms with van der Waals surface area (Å²) in [4.78, 5) is 17.9. The molecule has 2 saturated carbocycles. The van der Waals surface area contributed by atoms with Crippen molar-refractivity contribution < 1.29 is 4.79 Å². The summed E-state index contributed by atoms with van der Waals surface area (Å²) in [7, 11) is 0. The SMILES string of the molecule is CC(=O)C1C(C)[CH]C(C2CC2)CC1c1csc2ncccc12. The van der Waals surface area contributed by atoms with Gasteiger partial charge in [-0.05, 0) is 73.3 Å². The van der Waals surface area contributed by atoms with Crippen LogP contribution in [0.15, 0.2) is 23.7 Å². The lowest BCUT2D eigenvalue weighted by atomic mass is 9.64. The van der Waals surface area contributed by atoms with Gasteiger partial charge in [-0.2, -0.15) is 0 Å². The lowest BCUT2D eigenvalue weighted by Gasteiger charge is -2.39. The molecule has 2 aliphatic carbocycles. The topological polar surface area (TPSA) is 30.0 Å². The van der Waals surface area contributed by atoms with E-state index in [1.54, 1.807) is 18.3 Å². The predicted molar refractivity (Wildman–Crippen MR) is 90.8 cm³/mol. The van der Waals surface area contributed by atoms with E-state index in [2.05, 4.69) is 29.8 Å². The molecule has 2 nitrogen and oxygen atoms in total. The molecule has 2 aromatic heterocycles. The summed E-state index contributed by atoms with van der Waals surface area (Å²) >= 11 is 1.72. The maximum atomic E-state index is 12.3. The molecule has 0 spiro atoms. The highest BCUT2D eigenvalue weighted by molar-refractivity contribution is 7.16. The highest BCUT2D eigenvalue weighted by Crippen LogP contribution is 2.52. The highest BCUT2D eigenvalue weighted by Gasteiger charge is 2.44. The third kappa shape index (κ3) is 2.40. The molecule has 115 valence electrons. The first-order chi connectivity index (χ1) is 10.6. The molecular weight excluding hydrogens is 290 g/mol. The van der Waals surface area contributed by atoms with Crippen LogP contribution in [0.2, 0.25) is 0 Å². The molecule has 2 heterocycles. The largest absolute Gasteiger partial charge is 0.300 e. The summed E-state index contributed by atoms with van der Waals surface area (Å²) in [6, 6.07) is 4.18. The summed E-state index contributed by atoms with van der Waals surface area (Å²) in [5.41, 5.74) is 1.36. The minimum atomic E-state index is 0.132. The second kappa shape index (κ2) is 5.45. The number of nitrogens with zero attached hydrogens (tertiary/aromatic N) is 1. The Balaban J connectivity index is 1.75. The van der Waals surface area contributed by atoms with Gasteiger partial charge in [0.1, 0.15) is 10.6 Å². The molecular formula is C19H22NOS. The molecule has 0 N–H and O–H groups in total. The molecule has 0 aromatic carbocycles. The number of ketones is 1. The number of hydrogen-bond acceptors (Lipinski definition) is 3. The van der Waals surface area contributed by atoms with Crippen molar-refractivity contribution in [3.8, 4) is 0 Å². The van der Waals surface area contributed by atoms with Gasteiger partial charge >= 0.3 is 0 Å². The number of carbonyl (C=O) groups excluding carboxylic acids is 1. The maximum Gasteiger partial charge on any atom is 0.133 e. The predicted octanol–water partition coefficient (Wildman–Crippen LogP) is 4.86. The van der Waals surface area contributed by atoms with Crippen LogP contribution in [0, 0.1) is 30.1 Å². The number of carbonyl (C=O) groups is 1. The molecule has 4 unspecified atom stereocenters. The van der Waals surface area contributed by atoms with E-state index < -0.39 is 0 Å². The van der Waals surface area contributed by atoms with E-state index in [1.807, 2.05) is 12.3 Å². The van der Waals surface area contributed by atoms with Gasteiger partial charge in [0.25, 0.3) is 0 Å². The van der Waals surface area contributed by atoms with Crippen molar-refractivity contribution in [1.82, 2.24) is 4.98 Å². The minimum absolute atomic E-state index is 0.132. The van der Waals surface area contributed by atoms with Gasteiger partial charge in [-0.15, -0.1) is 11.3 Å². The zero-order chi connectivity index (χ0) is 15.3. The first-order valence-electron chi connectivity index (χ1n) is 8.32. The van der Waals surface area contributed by atoms with Gasteiger partial charge in [0, 0.05) is 17.5 Å². The molecule has 2 aliphatic rings. The molecule has 22 heavy (non-hydrogen) atoms. The Morgan fingerprint density at radius 3 is 2.91 bits per heavy atom. The van der Waals surface area contributed by atoms with Crippen LogP contribution >= 0.6 is 11.3 Å². The summed E-state index contributed by atoms with van der Waals surface area (Å²) in [5, 5.41) is 3.51. The Morgan fingerprint density at radius 2 is 2.18 bits per heavy atom. The van der Waals surface area contributed by atoms with Gasteiger partial charge < -0.3 is 0 Å². The summed E-state index contributed by atoms with van der Waals surface area (Å²) in [6.45, 7) is 4.01. The van der Waals surface area contributed by atoms with E-state index in [9.17, 15) is 4.79 Å². The summed E-state index contributed by atoms with van der Waals surface area (Å²) < 4.78 is 0. The molecule has 0 bridgehead atoms. The standard InChI is InChI=1S/C19H22NOS/c1-11-8-14(13-5-6-13)9-16(18(11)12(2)21)17-10-22-19-15(17)4-3-7-20-19/h3-4,7-8,10-11,13-14,16,18H,5-6,9H2,1-2H3. The molecule has 4 atom stereocenters. The molecule has 3 heteroatoms. The second-order valence-corrected chi connectivity index (χ2v) is 7.94. The zero-order valence-corrected chi connectivity index (χ0v) is 14.0. The van der Waals surface area contributed by atoms with E-state index in [0.29, 0.717) is 23.5 Å². The van der Waals surface area contributed by atoms with Crippen molar-refractivity contribution in [2.24, 2.45) is 23.7 Å². The molecule has 0 amide bonds. The van der Waals surface area contributed by atoms with E-state index in [4.69, 9.17) is 0 Å². The number of pyridine rings is 1. The van der Waals surface area contributed by atoms with Crippen LogP contribution in [0.3, 0.4) is 0 Å². The fraction of sp³-hybridized carbons (Fsp3) is 0.526. The molecule has 4 rings (SSSR count). The molecule has 2 aromatic rings. The van der Waals surface area contributed by atoms with Gasteiger partial charge in [-0.25, -0.2) is 4.98 Å². The Bertz CT molecular complexity index is 702. The zero-order valence-electron chi connectivity index (χ0n) is 13.2. The van der Waals surface area contributed by atoms with Crippen LogP contribution in [0.25, 0.3) is 10.2 Å². The van der Waals surface area contributed by atoms with E-state index in [0.717, 1.165) is 17.2 Å². The number of fused-ring (bicyclic) bond motifs is 1. The molecule has 0 aliphatic heterocycles. The van der Waals surface area contributed by atoms with E-state index >= 15 is 0 Å². The second-order valence-electron chi connectivity index (χ2n) is 7.08. The van der Waals surface area contributed by atoms with Crippen molar-refractivity contribution >= 4 is 27.3 Å². The van der Waals surface area contributed by atoms with Crippen LogP contribution in [0.5, 0.6) is 0 Å². The average molecular weight is 312 g/mol. The van der Waals surface area contributed by atoms with Gasteiger partial charge in [-0.1, -0.05) is 13.0 Å². The van der Waals surface area contributed by atoms with Crippen molar-refractivity contribution in [2.75, 3.05) is 0 Å². The Morgan fingerprint density at radius 1 is 1.36 bits per heavy atom. The fourth-order valence-electron chi connectivity index (χ4n) is 4.42. The maximum absolute atomic E-state index is 12.3. The van der Waals surface area contributed by atoms with Crippen LogP contribution in [-0.4, -0.2) is 10.8 Å². The number of thiophene rings is 1. The molecule has 1 radical (unpaired) electrons. The summed E-state index contributed by atoms with van der Waals surface area (Å²) in [5.74, 6) is 2.79. The molecule has 2 fully saturated rings. The number of aromatic nitrogens is 1. The first-order valence-corrected chi connectivity index (χ1v) is 9.20. The van der Waals surface area contributed by atoms with E-state index in [-0.39, 0.29) is 5.92 Å². The normalized spacial score (nSPS) is 32.3. The quantitative estimate of drug-likeness (QED) is 0.810. The Kier molecular flexibility index (Phi) is 3.56. The van der Waals surface area contributed by atoms with Gasteiger partial charge in [0.2, 0.25) is 0 Å². The Labute approximate surface area is 136 Å². The first kappa shape index (κ1) is 14.4. The number of Topliss-reactive ketones (excluding diaryl/α,β-unsaturated/α-hetero) is 1. The van der Waals surface area contributed by atoms with Crippen molar-refractivity contribution in [3.05, 3.63) is 35.7 Å². The van der Waals surface area contributed by atoms with Crippen LogP contribution in [0.1, 0.15) is 44.6 Å². The fourth-order valence-corrected chi connectivity index (χ4v) is 5.39. The van der Waals surface area contributed by atoms with Crippen LogP contribution in [0.4, 0.5) is 0 Å². The highest BCUT2D eigenvalue weighted by atomic mass is 32.1.